The number of nitrogens with two attached hydrogens (primary N) is 2. The predicted molar refractivity (Wildman–Crippen MR) is 45.0 cm³/mol. The van der Waals surface area contributed by atoms with Crippen molar-refractivity contribution >= 4 is 0 Å². The topological polar surface area (TPSA) is 72.3 Å². The Morgan fingerprint density at radius 1 is 1.45 bits per heavy atom. The minimum absolute atomic E-state index is 0.0816. The molecule has 1 atom stereocenters. The molecule has 0 bridgehead atoms. The van der Waals surface area contributed by atoms with Gasteiger partial charge in [0.2, 0.25) is 0 Å². The molecule has 11 heavy (non-hydrogen) atoms. The number of aliphatic hydroxyl groups is 1. The molecule has 5 N–H and O–H groups in total. The van der Waals surface area contributed by atoms with Crippen LogP contribution in [0.4, 0.5) is 0 Å². The lowest BCUT2D eigenvalue weighted by Gasteiger charge is -2.50. The highest BCUT2D eigenvalue weighted by atomic mass is 16.3. The Kier molecular flexibility index (Phi) is 2.23. The zero-order valence-corrected chi connectivity index (χ0v) is 7.14. The van der Waals surface area contributed by atoms with E-state index >= 15 is 0 Å². The van der Waals surface area contributed by atoms with Crippen molar-refractivity contribution in [3.8, 4) is 0 Å². The van der Waals surface area contributed by atoms with E-state index in [9.17, 15) is 5.11 Å². The maximum atomic E-state index is 9.89. The first-order valence-corrected chi connectivity index (χ1v) is 4.20. The third-order valence-corrected chi connectivity index (χ3v) is 3.24. The van der Waals surface area contributed by atoms with Crippen LogP contribution >= 0.6 is 0 Å². The van der Waals surface area contributed by atoms with Crippen LogP contribution in [0.1, 0.15) is 26.2 Å². The third-order valence-electron chi connectivity index (χ3n) is 3.24. The van der Waals surface area contributed by atoms with E-state index in [0.717, 1.165) is 12.8 Å². The molecule has 0 saturated heterocycles. The standard InChI is InChI=1S/C8H18N2O/c1-7(11,5-9)8(6-10)3-2-4-8/h11H,2-6,9-10H2,1H3. The molecule has 1 unspecified atom stereocenters. The number of hydrogen-bond acceptors (Lipinski definition) is 3. The summed E-state index contributed by atoms with van der Waals surface area (Å²) < 4.78 is 0. The highest BCUT2D eigenvalue weighted by molar-refractivity contribution is 5.02. The van der Waals surface area contributed by atoms with Crippen LogP contribution in [0.2, 0.25) is 0 Å². The van der Waals surface area contributed by atoms with Crippen LogP contribution in [-0.2, 0) is 0 Å². The van der Waals surface area contributed by atoms with Crippen LogP contribution < -0.4 is 11.5 Å². The maximum Gasteiger partial charge on any atom is 0.0809 e. The molecule has 3 heteroatoms. The fourth-order valence-electron chi connectivity index (χ4n) is 1.78. The maximum absolute atomic E-state index is 9.89. The average molecular weight is 158 g/mol. The molecule has 0 aromatic heterocycles. The fourth-order valence-corrected chi connectivity index (χ4v) is 1.78. The zero-order chi connectivity index (χ0) is 8.54. The van der Waals surface area contributed by atoms with E-state index in [1.165, 1.54) is 6.42 Å². The highest BCUT2D eigenvalue weighted by Gasteiger charge is 2.49. The van der Waals surface area contributed by atoms with Crippen molar-refractivity contribution in [1.82, 2.24) is 0 Å². The molecule has 66 valence electrons. The van der Waals surface area contributed by atoms with Gasteiger partial charge in [-0.05, 0) is 19.8 Å². The normalized spacial score (nSPS) is 27.3. The van der Waals surface area contributed by atoms with Crippen molar-refractivity contribution in [2.24, 2.45) is 16.9 Å². The van der Waals surface area contributed by atoms with Crippen LogP contribution in [0.15, 0.2) is 0 Å². The molecule has 0 radical (unpaired) electrons. The Labute approximate surface area is 67.8 Å². The van der Waals surface area contributed by atoms with Crippen LogP contribution in [0.3, 0.4) is 0 Å². The second kappa shape index (κ2) is 2.73. The molecule has 0 amide bonds. The second-order valence-corrected chi connectivity index (χ2v) is 3.82. The number of hydrogen-bond donors (Lipinski definition) is 3. The first-order chi connectivity index (χ1) is 5.08. The van der Waals surface area contributed by atoms with Gasteiger partial charge in [0, 0.05) is 18.5 Å². The summed E-state index contributed by atoms with van der Waals surface area (Å²) in [6, 6.07) is 0. The molecule has 0 aromatic carbocycles. The lowest BCUT2D eigenvalue weighted by atomic mass is 9.59. The monoisotopic (exact) mass is 158 g/mol. The van der Waals surface area contributed by atoms with Crippen LogP contribution in [0.5, 0.6) is 0 Å². The van der Waals surface area contributed by atoms with Gasteiger partial charge in [-0.25, -0.2) is 0 Å². The van der Waals surface area contributed by atoms with Gasteiger partial charge in [-0.15, -0.1) is 0 Å². The predicted octanol–water partition coefficient (Wildman–Crippen LogP) is -0.175. The third kappa shape index (κ3) is 1.17. The molecule has 1 fully saturated rings. The van der Waals surface area contributed by atoms with Crippen LogP contribution in [-0.4, -0.2) is 23.8 Å². The summed E-state index contributed by atoms with van der Waals surface area (Å²) >= 11 is 0. The summed E-state index contributed by atoms with van der Waals surface area (Å²) in [6.45, 7) is 2.65. The Hall–Kier alpha value is -0.120. The summed E-state index contributed by atoms with van der Waals surface area (Å²) in [6.07, 6.45) is 3.22. The van der Waals surface area contributed by atoms with E-state index in [0.29, 0.717) is 13.1 Å². The summed E-state index contributed by atoms with van der Waals surface area (Å²) in [7, 11) is 0. The molecule has 1 rings (SSSR count). The molecular weight excluding hydrogens is 140 g/mol. The zero-order valence-electron chi connectivity index (χ0n) is 7.14. The Morgan fingerprint density at radius 3 is 2.09 bits per heavy atom. The van der Waals surface area contributed by atoms with E-state index in [4.69, 9.17) is 11.5 Å². The van der Waals surface area contributed by atoms with Gasteiger partial charge in [0.05, 0.1) is 5.60 Å². The average Bonchev–Trinajstić information content (AvgIpc) is 1.86. The molecule has 1 aliphatic carbocycles. The fraction of sp³-hybridized carbons (Fsp3) is 1.00. The van der Waals surface area contributed by atoms with Gasteiger partial charge >= 0.3 is 0 Å². The largest absolute Gasteiger partial charge is 0.388 e. The molecule has 0 aromatic rings. The molecule has 1 saturated carbocycles. The summed E-state index contributed by atoms with van der Waals surface area (Å²) in [5, 5.41) is 9.89. The number of rotatable bonds is 3. The first-order valence-electron chi connectivity index (χ1n) is 4.20. The van der Waals surface area contributed by atoms with E-state index < -0.39 is 5.60 Å². The molecule has 1 aliphatic rings. The van der Waals surface area contributed by atoms with Crippen molar-refractivity contribution in [2.45, 2.75) is 31.8 Å². The minimum Gasteiger partial charge on any atom is -0.388 e. The van der Waals surface area contributed by atoms with E-state index in [2.05, 4.69) is 0 Å². The van der Waals surface area contributed by atoms with Crippen molar-refractivity contribution < 1.29 is 5.11 Å². The molecular formula is C8H18N2O. The van der Waals surface area contributed by atoms with Crippen LogP contribution in [0.25, 0.3) is 0 Å². The van der Waals surface area contributed by atoms with Gasteiger partial charge in [0.1, 0.15) is 0 Å². The van der Waals surface area contributed by atoms with Gasteiger partial charge in [-0.1, -0.05) is 6.42 Å². The minimum atomic E-state index is -0.764. The molecule has 0 spiro atoms. The summed E-state index contributed by atoms with van der Waals surface area (Å²) in [5.41, 5.74) is 10.2. The smallest absolute Gasteiger partial charge is 0.0809 e. The summed E-state index contributed by atoms with van der Waals surface area (Å²) in [4.78, 5) is 0. The van der Waals surface area contributed by atoms with Crippen LogP contribution in [0, 0.1) is 5.41 Å². The van der Waals surface area contributed by atoms with Crippen molar-refractivity contribution in [2.75, 3.05) is 13.1 Å². The van der Waals surface area contributed by atoms with Gasteiger partial charge in [-0.2, -0.15) is 0 Å². The quantitative estimate of drug-likeness (QED) is 0.533. The first kappa shape index (κ1) is 8.97. The van der Waals surface area contributed by atoms with Gasteiger partial charge in [0.15, 0.2) is 0 Å². The van der Waals surface area contributed by atoms with Crippen molar-refractivity contribution in [3.05, 3.63) is 0 Å². The van der Waals surface area contributed by atoms with E-state index in [-0.39, 0.29) is 5.41 Å². The van der Waals surface area contributed by atoms with Gasteiger partial charge in [0.25, 0.3) is 0 Å². The molecule has 3 nitrogen and oxygen atoms in total. The van der Waals surface area contributed by atoms with Crippen molar-refractivity contribution in [1.29, 1.82) is 0 Å². The lowest BCUT2D eigenvalue weighted by molar-refractivity contribution is -0.103. The lowest BCUT2D eigenvalue weighted by Crippen LogP contribution is -2.58. The van der Waals surface area contributed by atoms with E-state index in [1.54, 1.807) is 6.92 Å². The SMILES string of the molecule is CC(O)(CN)C1(CN)CCC1. The van der Waals surface area contributed by atoms with Gasteiger partial charge in [-0.3, -0.25) is 0 Å². The Morgan fingerprint density at radius 2 is 2.00 bits per heavy atom. The highest BCUT2D eigenvalue weighted by Crippen LogP contribution is 2.47. The molecule has 0 aliphatic heterocycles. The Bertz CT molecular complexity index is 136. The molecule has 0 heterocycles. The van der Waals surface area contributed by atoms with E-state index in [1.807, 2.05) is 0 Å². The summed E-state index contributed by atoms with van der Waals surface area (Å²) in [5.74, 6) is 0. The Balaban J connectivity index is 2.68. The second-order valence-electron chi connectivity index (χ2n) is 3.82. The van der Waals surface area contributed by atoms with Gasteiger partial charge < -0.3 is 16.6 Å². The van der Waals surface area contributed by atoms with Crippen molar-refractivity contribution in [3.63, 3.8) is 0 Å².